The predicted octanol–water partition coefficient (Wildman–Crippen LogP) is -0.753. The first-order valence-corrected chi connectivity index (χ1v) is 10.00. The zero-order valence-electron chi connectivity index (χ0n) is 17.3. The van der Waals surface area contributed by atoms with E-state index in [1.165, 1.54) is 0 Å². The molecule has 3 atom stereocenters. The number of para-hydroxylation sites is 1. The number of carboxylic acids is 1. The average Bonchev–Trinajstić information content (AvgIpc) is 3.16. The fourth-order valence-corrected chi connectivity index (χ4v) is 3.16. The molecule has 3 amide bonds. The van der Waals surface area contributed by atoms with Crippen LogP contribution in [0.5, 0.6) is 0 Å². The number of nitrogens with one attached hydrogen (secondary N) is 3. The molecule has 0 saturated heterocycles. The Balaban J connectivity index is 2.04. The number of hydrogen-bond acceptors (Lipinski definition) is 6. The molecule has 0 saturated carbocycles. The average molecular weight is 444 g/mol. The molecule has 1 aromatic heterocycles. The van der Waals surface area contributed by atoms with Gasteiger partial charge in [0.1, 0.15) is 6.04 Å². The highest BCUT2D eigenvalue weighted by molar-refractivity contribution is 5.92. The van der Waals surface area contributed by atoms with Gasteiger partial charge in [-0.3, -0.25) is 24.0 Å². The van der Waals surface area contributed by atoms with E-state index in [1.807, 2.05) is 24.3 Å². The predicted molar refractivity (Wildman–Crippen MR) is 115 cm³/mol. The number of fused-ring (bicyclic) bond motifs is 1. The van der Waals surface area contributed by atoms with Gasteiger partial charge in [-0.2, -0.15) is 0 Å². The topological polar surface area (TPSA) is 197 Å². The van der Waals surface area contributed by atoms with Crippen LogP contribution in [0.1, 0.15) is 31.2 Å². The van der Waals surface area contributed by atoms with Crippen molar-refractivity contribution in [3.63, 3.8) is 0 Å². The fraction of sp³-hybridized carbons (Fsp3) is 0.381. The molecule has 11 heteroatoms. The zero-order chi connectivity index (χ0) is 23.7. The molecule has 32 heavy (non-hydrogen) atoms. The molecular formula is C21H26N5O6. The Hall–Kier alpha value is -3.73. The van der Waals surface area contributed by atoms with Gasteiger partial charge < -0.3 is 32.2 Å². The smallest absolute Gasteiger partial charge is 0.303 e. The van der Waals surface area contributed by atoms with Crippen molar-refractivity contribution >= 4 is 40.9 Å². The number of rotatable bonds is 13. The molecule has 171 valence electrons. The van der Waals surface area contributed by atoms with Crippen LogP contribution in [-0.4, -0.2) is 58.2 Å². The van der Waals surface area contributed by atoms with E-state index in [2.05, 4.69) is 15.6 Å². The van der Waals surface area contributed by atoms with Gasteiger partial charge in [0.2, 0.25) is 24.0 Å². The molecule has 0 aliphatic carbocycles. The van der Waals surface area contributed by atoms with Crippen LogP contribution in [-0.2, 0) is 30.4 Å². The van der Waals surface area contributed by atoms with Crippen LogP contribution in [0.4, 0.5) is 0 Å². The van der Waals surface area contributed by atoms with Crippen LogP contribution in [0, 0.1) is 0 Å². The maximum absolute atomic E-state index is 12.6. The second-order valence-corrected chi connectivity index (χ2v) is 7.35. The Morgan fingerprint density at radius 1 is 1.06 bits per heavy atom. The van der Waals surface area contributed by atoms with E-state index in [1.54, 1.807) is 12.5 Å². The Morgan fingerprint density at radius 3 is 2.44 bits per heavy atom. The van der Waals surface area contributed by atoms with E-state index in [-0.39, 0.29) is 32.1 Å². The van der Waals surface area contributed by atoms with Crippen molar-refractivity contribution in [2.24, 2.45) is 11.5 Å². The molecule has 0 aliphatic rings. The Morgan fingerprint density at radius 2 is 1.78 bits per heavy atom. The van der Waals surface area contributed by atoms with E-state index in [0.717, 1.165) is 16.5 Å². The summed E-state index contributed by atoms with van der Waals surface area (Å²) in [5, 5.41) is 14.5. The van der Waals surface area contributed by atoms with E-state index < -0.39 is 41.8 Å². The summed E-state index contributed by atoms with van der Waals surface area (Å²) < 4.78 is 0. The monoisotopic (exact) mass is 444 g/mol. The summed E-state index contributed by atoms with van der Waals surface area (Å²) in [6, 6.07) is 4.16. The molecule has 8 N–H and O–H groups in total. The summed E-state index contributed by atoms with van der Waals surface area (Å²) in [4.78, 5) is 61.2. The number of aromatic amines is 1. The minimum atomic E-state index is -1.19. The number of benzene rings is 1. The summed E-state index contributed by atoms with van der Waals surface area (Å²) in [6.45, 7) is 0. The lowest BCUT2D eigenvalue weighted by Crippen LogP contribution is -2.54. The minimum Gasteiger partial charge on any atom is -0.481 e. The molecule has 1 radical (unpaired) electrons. The summed E-state index contributed by atoms with van der Waals surface area (Å²) in [6.07, 6.45) is 2.68. The van der Waals surface area contributed by atoms with Gasteiger partial charge in [-0.05, 0) is 30.9 Å². The Bertz CT molecular complexity index is 988. The lowest BCUT2D eigenvalue weighted by molar-refractivity contribution is -0.137. The highest BCUT2D eigenvalue weighted by atomic mass is 16.4. The number of aliphatic carboxylic acids is 1. The van der Waals surface area contributed by atoms with Crippen molar-refractivity contribution in [2.75, 3.05) is 0 Å². The van der Waals surface area contributed by atoms with Crippen LogP contribution in [0.15, 0.2) is 30.5 Å². The molecular weight excluding hydrogens is 418 g/mol. The molecule has 2 aromatic rings. The normalized spacial score (nSPS) is 13.7. The molecule has 2 rings (SSSR count). The number of nitrogens with two attached hydrogens (primary N) is 2. The molecule has 0 fully saturated rings. The highest BCUT2D eigenvalue weighted by Gasteiger charge is 2.26. The lowest BCUT2D eigenvalue weighted by Gasteiger charge is -2.22. The number of carboxylic acid groups (broad SMARTS) is 1. The maximum Gasteiger partial charge on any atom is 0.303 e. The standard InChI is InChI=1S/C21H26N5O6/c22-15(9-12-10-24-16-4-2-1-3-14(12)16)20(31)26-17(6-7-18(23)28)21(32)25-13(11-27)5-8-19(29)30/h1-4,10,13,15,17,24H,5-9,22H2,(H2,23,28)(H,25,32)(H,26,31)(H,29,30)/t13-,15-,17-/m0/s1. The van der Waals surface area contributed by atoms with E-state index in [0.29, 0.717) is 0 Å². The summed E-state index contributed by atoms with van der Waals surface area (Å²) in [7, 11) is 0. The van der Waals surface area contributed by atoms with Gasteiger partial charge in [-0.1, -0.05) is 18.2 Å². The van der Waals surface area contributed by atoms with Crippen molar-refractivity contribution in [3.05, 3.63) is 36.0 Å². The van der Waals surface area contributed by atoms with Gasteiger partial charge in [0.25, 0.3) is 0 Å². The van der Waals surface area contributed by atoms with Crippen LogP contribution < -0.4 is 22.1 Å². The zero-order valence-corrected chi connectivity index (χ0v) is 17.3. The van der Waals surface area contributed by atoms with Crippen molar-refractivity contribution in [3.8, 4) is 0 Å². The molecule has 0 unspecified atom stereocenters. The maximum atomic E-state index is 12.6. The van der Waals surface area contributed by atoms with Crippen LogP contribution >= 0.6 is 0 Å². The molecule has 0 aliphatic heterocycles. The number of amides is 3. The van der Waals surface area contributed by atoms with Crippen LogP contribution in [0.25, 0.3) is 10.9 Å². The number of hydrogen-bond donors (Lipinski definition) is 6. The largest absolute Gasteiger partial charge is 0.481 e. The summed E-state index contributed by atoms with van der Waals surface area (Å²) in [5.74, 6) is -3.21. The van der Waals surface area contributed by atoms with Gasteiger partial charge >= 0.3 is 5.97 Å². The summed E-state index contributed by atoms with van der Waals surface area (Å²) in [5.41, 5.74) is 12.9. The third-order valence-electron chi connectivity index (χ3n) is 4.87. The van der Waals surface area contributed by atoms with E-state index >= 15 is 0 Å². The second kappa shape index (κ2) is 11.6. The van der Waals surface area contributed by atoms with E-state index in [9.17, 15) is 24.0 Å². The molecule has 1 aromatic carbocycles. The van der Waals surface area contributed by atoms with Crippen molar-refractivity contribution in [1.29, 1.82) is 0 Å². The van der Waals surface area contributed by atoms with Crippen molar-refractivity contribution in [2.45, 2.75) is 50.2 Å². The van der Waals surface area contributed by atoms with Crippen molar-refractivity contribution in [1.82, 2.24) is 15.6 Å². The fourth-order valence-electron chi connectivity index (χ4n) is 3.16. The number of primary amides is 1. The minimum absolute atomic E-state index is 0.114. The quantitative estimate of drug-likeness (QED) is 0.233. The molecule has 0 spiro atoms. The third-order valence-corrected chi connectivity index (χ3v) is 4.87. The third kappa shape index (κ3) is 7.20. The Labute approximate surface area is 183 Å². The van der Waals surface area contributed by atoms with Crippen LogP contribution in [0.3, 0.4) is 0 Å². The lowest BCUT2D eigenvalue weighted by atomic mass is 10.0. The second-order valence-electron chi connectivity index (χ2n) is 7.35. The highest BCUT2D eigenvalue weighted by Crippen LogP contribution is 2.18. The van der Waals surface area contributed by atoms with Gasteiger partial charge in [-0.15, -0.1) is 0 Å². The summed E-state index contributed by atoms with van der Waals surface area (Å²) >= 11 is 0. The first-order valence-electron chi connectivity index (χ1n) is 10.00. The van der Waals surface area contributed by atoms with E-state index in [4.69, 9.17) is 16.6 Å². The first-order chi connectivity index (χ1) is 15.2. The van der Waals surface area contributed by atoms with Gasteiger partial charge in [-0.25, -0.2) is 0 Å². The number of carbonyl (C=O) groups excluding carboxylic acids is 4. The SMILES string of the molecule is NC(=O)CC[C@H](NC(=O)[C@@H](N)Cc1c[nH]c2ccccc12)C(=O)N[C@H]([C]=O)CCC(=O)O. The van der Waals surface area contributed by atoms with Gasteiger partial charge in [0, 0.05) is 29.9 Å². The van der Waals surface area contributed by atoms with Crippen LogP contribution in [0.2, 0.25) is 0 Å². The number of aromatic nitrogens is 1. The number of carbonyl (C=O) groups is 4. The van der Waals surface area contributed by atoms with Crippen molar-refractivity contribution < 1.29 is 29.1 Å². The number of H-pyrrole nitrogens is 1. The van der Waals surface area contributed by atoms with Gasteiger partial charge in [0.05, 0.1) is 12.1 Å². The first kappa shape index (κ1) is 24.5. The molecule has 0 bridgehead atoms. The van der Waals surface area contributed by atoms with Gasteiger partial charge in [0.15, 0.2) is 0 Å². The Kier molecular flexibility index (Phi) is 8.90. The molecule has 11 nitrogen and oxygen atoms in total. The molecule has 1 heterocycles.